The largest absolute Gasteiger partial charge is 0.369 e. The number of aryl methyl sites for hydroxylation is 1. The van der Waals surface area contributed by atoms with Gasteiger partial charge in [-0.05, 0) is 51.4 Å². The van der Waals surface area contributed by atoms with Gasteiger partial charge >= 0.3 is 0 Å². The van der Waals surface area contributed by atoms with E-state index in [2.05, 4.69) is 56.6 Å². The number of rotatable bonds is 5. The SMILES string of the molecule is CN=C(NCCN1CCCCC1)NC1CCN(c2ccc(C)cc2)C1.I. The van der Waals surface area contributed by atoms with E-state index >= 15 is 0 Å². The fourth-order valence-electron chi connectivity index (χ4n) is 3.77. The Balaban J connectivity index is 0.00000243. The average Bonchev–Trinajstić information content (AvgIpc) is 3.11. The Morgan fingerprint density at radius 1 is 1.12 bits per heavy atom. The van der Waals surface area contributed by atoms with Crippen LogP contribution in [-0.2, 0) is 0 Å². The minimum absolute atomic E-state index is 0. The normalized spacial score (nSPS) is 21.4. The van der Waals surface area contributed by atoms with Gasteiger partial charge in [-0.15, -0.1) is 24.0 Å². The van der Waals surface area contributed by atoms with Crippen molar-refractivity contribution in [2.75, 3.05) is 51.2 Å². The van der Waals surface area contributed by atoms with Gasteiger partial charge in [-0.25, -0.2) is 0 Å². The first-order valence-corrected chi connectivity index (χ1v) is 9.76. The lowest BCUT2D eigenvalue weighted by Crippen LogP contribution is -2.47. The summed E-state index contributed by atoms with van der Waals surface area (Å²) in [7, 11) is 1.86. The molecular formula is C20H34IN5. The summed E-state index contributed by atoms with van der Waals surface area (Å²) in [5.74, 6) is 0.938. The molecule has 0 aliphatic carbocycles. The van der Waals surface area contributed by atoms with Gasteiger partial charge < -0.3 is 20.4 Å². The molecule has 0 saturated carbocycles. The van der Waals surface area contributed by atoms with Crippen LogP contribution in [0.1, 0.15) is 31.2 Å². The summed E-state index contributed by atoms with van der Waals surface area (Å²) in [5.41, 5.74) is 2.64. The van der Waals surface area contributed by atoms with Crippen molar-refractivity contribution in [1.82, 2.24) is 15.5 Å². The zero-order chi connectivity index (χ0) is 17.5. The van der Waals surface area contributed by atoms with E-state index in [-0.39, 0.29) is 24.0 Å². The molecule has 5 nitrogen and oxygen atoms in total. The summed E-state index contributed by atoms with van der Waals surface area (Å²) in [6.07, 6.45) is 5.25. The van der Waals surface area contributed by atoms with Crippen molar-refractivity contribution in [3.8, 4) is 0 Å². The maximum atomic E-state index is 4.40. The van der Waals surface area contributed by atoms with Gasteiger partial charge in [0.25, 0.3) is 0 Å². The molecule has 1 atom stereocenters. The maximum absolute atomic E-state index is 4.40. The summed E-state index contributed by atoms with van der Waals surface area (Å²) in [6, 6.07) is 9.30. The summed E-state index contributed by atoms with van der Waals surface area (Å²) in [4.78, 5) is 9.41. The molecule has 0 bridgehead atoms. The van der Waals surface area contributed by atoms with Gasteiger partial charge in [0.15, 0.2) is 5.96 Å². The molecule has 6 heteroatoms. The first-order valence-electron chi connectivity index (χ1n) is 9.76. The fourth-order valence-corrected chi connectivity index (χ4v) is 3.77. The van der Waals surface area contributed by atoms with Crippen molar-refractivity contribution in [3.05, 3.63) is 29.8 Å². The average molecular weight is 471 g/mol. The Morgan fingerprint density at radius 3 is 2.54 bits per heavy atom. The highest BCUT2D eigenvalue weighted by atomic mass is 127. The molecular weight excluding hydrogens is 437 g/mol. The fraction of sp³-hybridized carbons (Fsp3) is 0.650. The number of likely N-dealkylation sites (tertiary alicyclic amines) is 1. The monoisotopic (exact) mass is 471 g/mol. The maximum Gasteiger partial charge on any atom is 0.191 e. The molecule has 2 heterocycles. The minimum Gasteiger partial charge on any atom is -0.369 e. The Labute approximate surface area is 175 Å². The first-order chi connectivity index (χ1) is 12.2. The molecule has 2 fully saturated rings. The van der Waals surface area contributed by atoms with E-state index in [1.807, 2.05) is 7.05 Å². The molecule has 2 aliphatic heterocycles. The van der Waals surface area contributed by atoms with Gasteiger partial charge in [-0.2, -0.15) is 0 Å². The standard InChI is InChI=1S/C20H33N5.HI/c1-17-6-8-19(9-7-17)25-14-10-18(16-25)23-20(21-2)22-11-15-24-12-4-3-5-13-24;/h6-9,18H,3-5,10-16H2,1-2H3,(H2,21,22,23);1H. The van der Waals surface area contributed by atoms with Crippen LogP contribution in [0.15, 0.2) is 29.3 Å². The zero-order valence-corrected chi connectivity index (χ0v) is 18.5. The summed E-state index contributed by atoms with van der Waals surface area (Å²) >= 11 is 0. The molecule has 0 amide bonds. The number of anilines is 1. The first kappa shape index (κ1) is 21.3. The van der Waals surface area contributed by atoms with E-state index < -0.39 is 0 Å². The van der Waals surface area contributed by atoms with Crippen molar-refractivity contribution >= 4 is 35.6 Å². The zero-order valence-electron chi connectivity index (χ0n) is 16.2. The number of nitrogens with one attached hydrogen (secondary N) is 2. The van der Waals surface area contributed by atoms with Gasteiger partial charge in [0.2, 0.25) is 0 Å². The predicted molar refractivity (Wildman–Crippen MR) is 122 cm³/mol. The highest BCUT2D eigenvalue weighted by Gasteiger charge is 2.23. The van der Waals surface area contributed by atoms with Crippen LogP contribution < -0.4 is 15.5 Å². The molecule has 0 radical (unpaired) electrons. The number of piperidine rings is 1. The summed E-state index contributed by atoms with van der Waals surface area (Å²) in [5, 5.41) is 7.08. The second kappa shape index (κ2) is 11.0. The number of guanidine groups is 1. The molecule has 0 aromatic heterocycles. The van der Waals surface area contributed by atoms with Crippen LogP contribution in [0.25, 0.3) is 0 Å². The summed E-state index contributed by atoms with van der Waals surface area (Å²) < 4.78 is 0. The number of hydrogen-bond acceptors (Lipinski definition) is 3. The Kier molecular flexibility index (Phi) is 8.98. The molecule has 146 valence electrons. The molecule has 1 unspecified atom stereocenters. The van der Waals surface area contributed by atoms with E-state index in [9.17, 15) is 0 Å². The van der Waals surface area contributed by atoms with Gasteiger partial charge in [0.05, 0.1) is 0 Å². The quantitative estimate of drug-likeness (QED) is 0.394. The number of aliphatic imine (C=N–C) groups is 1. The predicted octanol–water partition coefficient (Wildman–Crippen LogP) is 2.84. The molecule has 3 rings (SSSR count). The van der Waals surface area contributed by atoms with Crippen LogP contribution in [0.2, 0.25) is 0 Å². The van der Waals surface area contributed by atoms with Crippen LogP contribution >= 0.6 is 24.0 Å². The highest BCUT2D eigenvalue weighted by Crippen LogP contribution is 2.20. The highest BCUT2D eigenvalue weighted by molar-refractivity contribution is 14.0. The topological polar surface area (TPSA) is 42.9 Å². The van der Waals surface area contributed by atoms with Crippen molar-refractivity contribution in [2.24, 2.45) is 4.99 Å². The van der Waals surface area contributed by atoms with E-state index in [0.717, 1.165) is 38.6 Å². The number of nitrogens with zero attached hydrogens (tertiary/aromatic N) is 3. The summed E-state index contributed by atoms with van der Waals surface area (Å²) in [6.45, 7) is 8.86. The third kappa shape index (κ3) is 6.30. The van der Waals surface area contributed by atoms with E-state index in [0.29, 0.717) is 6.04 Å². The van der Waals surface area contributed by atoms with E-state index in [1.54, 1.807) is 0 Å². The lowest BCUT2D eigenvalue weighted by molar-refractivity contribution is 0.232. The smallest absolute Gasteiger partial charge is 0.191 e. The lowest BCUT2D eigenvalue weighted by atomic mass is 10.1. The molecule has 0 spiro atoms. The van der Waals surface area contributed by atoms with Crippen LogP contribution in [-0.4, -0.2) is 63.2 Å². The second-order valence-corrected chi connectivity index (χ2v) is 7.31. The van der Waals surface area contributed by atoms with Crippen molar-refractivity contribution in [1.29, 1.82) is 0 Å². The Hall–Kier alpha value is -1.02. The second-order valence-electron chi connectivity index (χ2n) is 7.31. The van der Waals surface area contributed by atoms with Gasteiger partial charge in [-0.3, -0.25) is 4.99 Å². The molecule has 1 aromatic carbocycles. The Bertz CT molecular complexity index is 554. The third-order valence-corrected chi connectivity index (χ3v) is 5.32. The Morgan fingerprint density at radius 2 is 1.85 bits per heavy atom. The van der Waals surface area contributed by atoms with E-state index in [4.69, 9.17) is 0 Å². The third-order valence-electron chi connectivity index (χ3n) is 5.32. The van der Waals surface area contributed by atoms with Gasteiger partial charge in [0.1, 0.15) is 0 Å². The van der Waals surface area contributed by atoms with Crippen LogP contribution in [0, 0.1) is 6.92 Å². The van der Waals surface area contributed by atoms with Crippen LogP contribution in [0.4, 0.5) is 5.69 Å². The van der Waals surface area contributed by atoms with Gasteiger partial charge in [0, 0.05) is 45.0 Å². The van der Waals surface area contributed by atoms with Crippen molar-refractivity contribution in [3.63, 3.8) is 0 Å². The molecule has 1 aromatic rings. The number of halogens is 1. The van der Waals surface area contributed by atoms with Crippen molar-refractivity contribution < 1.29 is 0 Å². The molecule has 26 heavy (non-hydrogen) atoms. The molecule has 2 saturated heterocycles. The lowest BCUT2D eigenvalue weighted by Gasteiger charge is -2.27. The van der Waals surface area contributed by atoms with Crippen LogP contribution in [0.5, 0.6) is 0 Å². The molecule has 2 N–H and O–H groups in total. The van der Waals surface area contributed by atoms with Crippen molar-refractivity contribution in [2.45, 2.75) is 38.6 Å². The van der Waals surface area contributed by atoms with Crippen LogP contribution in [0.3, 0.4) is 0 Å². The molecule has 2 aliphatic rings. The number of hydrogen-bond donors (Lipinski definition) is 2. The minimum atomic E-state index is 0. The van der Waals surface area contributed by atoms with Gasteiger partial charge in [-0.1, -0.05) is 24.1 Å². The van der Waals surface area contributed by atoms with E-state index in [1.165, 1.54) is 43.6 Å². The number of benzene rings is 1.